The monoisotopic (exact) mass is 284 g/mol. The highest BCUT2D eigenvalue weighted by atomic mass is 16.4. The number of H-pyrrole nitrogens is 2. The average molecular weight is 284 g/mol. The Labute approximate surface area is 113 Å². The Balaban J connectivity index is 2.97. The van der Waals surface area contributed by atoms with Crippen LogP contribution in [0.15, 0.2) is 9.59 Å². The van der Waals surface area contributed by atoms with Crippen molar-refractivity contribution in [2.75, 3.05) is 5.73 Å². The molecule has 0 aromatic carbocycles. The molecule has 0 radical (unpaired) electrons. The first kappa shape index (κ1) is 15.5. The summed E-state index contributed by atoms with van der Waals surface area (Å²) in [6.45, 7) is 1.88. The van der Waals surface area contributed by atoms with Crippen LogP contribution in [0.25, 0.3) is 0 Å². The van der Waals surface area contributed by atoms with Gasteiger partial charge in [-0.2, -0.15) is 0 Å². The standard InChI is InChI=1S/C11H16N4O5/c1-2-3-4-5(10(18)19)13-9(17)7-6(12)8(16)15-11(20)14-7/h5H,2-4,12H2,1H3,(H,13,17)(H,18,19)(H2,14,15,16,20). The van der Waals surface area contributed by atoms with Crippen molar-refractivity contribution in [3.05, 3.63) is 26.5 Å². The van der Waals surface area contributed by atoms with Gasteiger partial charge in [-0.1, -0.05) is 19.8 Å². The smallest absolute Gasteiger partial charge is 0.326 e. The number of nitrogens with two attached hydrogens (primary N) is 1. The lowest BCUT2D eigenvalue weighted by Crippen LogP contribution is -2.42. The summed E-state index contributed by atoms with van der Waals surface area (Å²) >= 11 is 0. The zero-order valence-electron chi connectivity index (χ0n) is 10.9. The molecule has 0 aliphatic heterocycles. The number of amides is 1. The number of carbonyl (C=O) groups excluding carboxylic acids is 1. The second kappa shape index (κ2) is 6.55. The maximum atomic E-state index is 11.9. The highest BCUT2D eigenvalue weighted by Gasteiger charge is 2.22. The third-order valence-electron chi connectivity index (χ3n) is 2.66. The molecule has 0 saturated heterocycles. The van der Waals surface area contributed by atoms with Crippen molar-refractivity contribution in [1.82, 2.24) is 15.3 Å². The highest BCUT2D eigenvalue weighted by Crippen LogP contribution is 2.04. The number of anilines is 1. The Morgan fingerprint density at radius 1 is 1.35 bits per heavy atom. The van der Waals surface area contributed by atoms with E-state index < -0.39 is 40.5 Å². The largest absolute Gasteiger partial charge is 0.480 e. The van der Waals surface area contributed by atoms with Gasteiger partial charge in [-0.25, -0.2) is 9.59 Å². The van der Waals surface area contributed by atoms with Gasteiger partial charge in [0, 0.05) is 0 Å². The SMILES string of the molecule is CCCCC(NC(=O)c1[nH]c(=O)[nH]c(=O)c1N)C(=O)O. The van der Waals surface area contributed by atoms with Gasteiger partial charge < -0.3 is 21.1 Å². The second-order valence-electron chi connectivity index (χ2n) is 4.20. The number of carboxylic acids is 1. The Kier molecular flexibility index (Phi) is 5.07. The molecule has 0 aliphatic carbocycles. The summed E-state index contributed by atoms with van der Waals surface area (Å²) in [4.78, 5) is 49.2. The molecule has 1 aromatic heterocycles. The number of carboxylic acid groups (broad SMARTS) is 1. The summed E-state index contributed by atoms with van der Waals surface area (Å²) in [7, 11) is 0. The van der Waals surface area contributed by atoms with Crippen molar-refractivity contribution in [3.8, 4) is 0 Å². The molecule has 0 spiro atoms. The minimum absolute atomic E-state index is 0.241. The van der Waals surface area contributed by atoms with Gasteiger partial charge >= 0.3 is 11.7 Å². The Bertz CT molecular complexity index is 618. The fourth-order valence-electron chi connectivity index (χ4n) is 1.57. The van der Waals surface area contributed by atoms with E-state index in [1.807, 2.05) is 11.9 Å². The number of aromatic nitrogens is 2. The minimum Gasteiger partial charge on any atom is -0.480 e. The Hall–Kier alpha value is -2.58. The lowest BCUT2D eigenvalue weighted by atomic mass is 10.1. The van der Waals surface area contributed by atoms with Gasteiger partial charge in [-0.3, -0.25) is 14.6 Å². The van der Waals surface area contributed by atoms with Crippen LogP contribution in [0, 0.1) is 0 Å². The number of nitrogens with one attached hydrogen (secondary N) is 3. The topological polar surface area (TPSA) is 158 Å². The van der Waals surface area contributed by atoms with Crippen molar-refractivity contribution in [2.45, 2.75) is 32.2 Å². The number of aliphatic carboxylic acids is 1. The maximum absolute atomic E-state index is 11.9. The van der Waals surface area contributed by atoms with Crippen LogP contribution in [0.4, 0.5) is 5.69 Å². The molecule has 0 saturated carbocycles. The third-order valence-corrected chi connectivity index (χ3v) is 2.66. The number of rotatable bonds is 6. The maximum Gasteiger partial charge on any atom is 0.326 e. The molecule has 1 atom stereocenters. The van der Waals surface area contributed by atoms with E-state index in [-0.39, 0.29) is 6.42 Å². The quantitative estimate of drug-likeness (QED) is 0.451. The van der Waals surface area contributed by atoms with E-state index in [1.165, 1.54) is 0 Å². The molecule has 0 aliphatic rings. The summed E-state index contributed by atoms with van der Waals surface area (Å²) in [5.74, 6) is -2.10. The molecular weight excluding hydrogens is 268 g/mol. The number of nitrogen functional groups attached to an aromatic ring is 1. The van der Waals surface area contributed by atoms with Crippen LogP contribution in [0.5, 0.6) is 0 Å². The second-order valence-corrected chi connectivity index (χ2v) is 4.20. The van der Waals surface area contributed by atoms with Crippen LogP contribution in [-0.2, 0) is 4.79 Å². The van der Waals surface area contributed by atoms with Crippen molar-refractivity contribution >= 4 is 17.6 Å². The molecule has 110 valence electrons. The molecule has 0 bridgehead atoms. The van der Waals surface area contributed by atoms with Crippen LogP contribution in [0.1, 0.15) is 36.7 Å². The molecule has 0 fully saturated rings. The molecule has 6 N–H and O–H groups in total. The summed E-state index contributed by atoms with van der Waals surface area (Å²) in [6.07, 6.45) is 1.62. The lowest BCUT2D eigenvalue weighted by molar-refractivity contribution is -0.139. The van der Waals surface area contributed by atoms with E-state index in [0.29, 0.717) is 6.42 Å². The number of hydrogen-bond donors (Lipinski definition) is 5. The predicted molar refractivity (Wildman–Crippen MR) is 70.5 cm³/mol. The zero-order valence-corrected chi connectivity index (χ0v) is 10.9. The van der Waals surface area contributed by atoms with Crippen LogP contribution in [0.3, 0.4) is 0 Å². The van der Waals surface area contributed by atoms with E-state index in [1.54, 1.807) is 0 Å². The molecule has 9 nitrogen and oxygen atoms in total. The predicted octanol–water partition coefficient (Wildman–Crippen LogP) is -0.981. The van der Waals surface area contributed by atoms with Crippen molar-refractivity contribution in [1.29, 1.82) is 0 Å². The van der Waals surface area contributed by atoms with Gasteiger partial charge in [-0.15, -0.1) is 0 Å². The molecule has 1 unspecified atom stereocenters. The third kappa shape index (κ3) is 3.70. The van der Waals surface area contributed by atoms with Gasteiger partial charge in [0.2, 0.25) is 0 Å². The van der Waals surface area contributed by atoms with Gasteiger partial charge in [0.1, 0.15) is 17.4 Å². The van der Waals surface area contributed by atoms with Gasteiger partial charge in [0.05, 0.1) is 0 Å². The van der Waals surface area contributed by atoms with E-state index in [9.17, 15) is 19.2 Å². The van der Waals surface area contributed by atoms with E-state index in [4.69, 9.17) is 10.8 Å². The summed E-state index contributed by atoms with van der Waals surface area (Å²) < 4.78 is 0. The number of hydrogen-bond acceptors (Lipinski definition) is 5. The molecule has 1 heterocycles. The Morgan fingerprint density at radius 3 is 2.55 bits per heavy atom. The minimum atomic E-state index is -1.20. The zero-order chi connectivity index (χ0) is 15.3. The average Bonchev–Trinajstić information content (AvgIpc) is 2.38. The summed E-state index contributed by atoms with van der Waals surface area (Å²) in [5, 5.41) is 11.2. The van der Waals surface area contributed by atoms with Gasteiger partial charge in [0.15, 0.2) is 0 Å². The lowest BCUT2D eigenvalue weighted by Gasteiger charge is -2.14. The van der Waals surface area contributed by atoms with E-state index in [2.05, 4.69) is 10.3 Å². The first-order chi connectivity index (χ1) is 9.36. The van der Waals surface area contributed by atoms with Gasteiger partial charge in [0.25, 0.3) is 11.5 Å². The number of unbranched alkanes of at least 4 members (excludes halogenated alkanes) is 1. The van der Waals surface area contributed by atoms with E-state index >= 15 is 0 Å². The van der Waals surface area contributed by atoms with Crippen molar-refractivity contribution in [3.63, 3.8) is 0 Å². The highest BCUT2D eigenvalue weighted by molar-refractivity contribution is 5.98. The molecule has 20 heavy (non-hydrogen) atoms. The summed E-state index contributed by atoms with van der Waals surface area (Å²) in [5.41, 5.74) is 2.67. The Morgan fingerprint density at radius 2 is 2.00 bits per heavy atom. The molecule has 1 aromatic rings. The molecule has 1 amide bonds. The first-order valence-corrected chi connectivity index (χ1v) is 6.02. The van der Waals surface area contributed by atoms with Crippen LogP contribution in [0.2, 0.25) is 0 Å². The first-order valence-electron chi connectivity index (χ1n) is 6.02. The number of aromatic amines is 2. The van der Waals surface area contributed by atoms with Crippen LogP contribution in [-0.4, -0.2) is 33.0 Å². The summed E-state index contributed by atoms with van der Waals surface area (Å²) in [6, 6.07) is -1.11. The number of carbonyl (C=O) groups is 2. The van der Waals surface area contributed by atoms with Gasteiger partial charge in [-0.05, 0) is 6.42 Å². The van der Waals surface area contributed by atoms with Crippen molar-refractivity contribution < 1.29 is 14.7 Å². The molecular formula is C11H16N4O5. The van der Waals surface area contributed by atoms with Crippen LogP contribution < -0.4 is 22.3 Å². The fourth-order valence-corrected chi connectivity index (χ4v) is 1.57. The normalized spacial score (nSPS) is 11.8. The molecule has 9 heteroatoms. The fraction of sp³-hybridized carbons (Fsp3) is 0.455. The molecule has 1 rings (SSSR count). The van der Waals surface area contributed by atoms with E-state index in [0.717, 1.165) is 6.42 Å². The van der Waals surface area contributed by atoms with Crippen molar-refractivity contribution in [2.24, 2.45) is 0 Å². The van der Waals surface area contributed by atoms with Crippen LogP contribution >= 0.6 is 0 Å².